The number of ether oxygens (including phenoxy) is 4. The van der Waals surface area contributed by atoms with Crippen LogP contribution in [-0.4, -0.2) is 130 Å². The molecule has 4 aliphatic rings. The molecule has 15 atom stereocenters. The number of nitrogens with zero attached hydrogens (tertiary/aromatic N) is 1. The normalized spacial score (nSPS) is 40.9. The maximum Gasteiger partial charge on any atom is 0.329 e. The van der Waals surface area contributed by atoms with Crippen LogP contribution in [0.1, 0.15) is 126 Å². The summed E-state index contributed by atoms with van der Waals surface area (Å²) in [5, 5.41) is 43.9. The number of amides is 1. The SMILES string of the molecule is CO[C@H]1C[C@@H]2CC[C@@H](C)[C@@](O)(O2)C(=O)C(=O)N2CCCC[C@H]2C(=O)O[C@H]([C@H](C)C[C@@H]2CC[C@@H](O)[C@H](O)C2)CC(=O)[C@H](C)/C=C(\C)[C@@H](O)[C@@H](OC)C(=O)[C@H](C)C[C@H](C)\C=C/C=C\C=C/1C. The minimum atomic E-state index is -2.44. The predicted octanol–water partition coefficient (Wildman–Crippen LogP) is 5.53. The maximum absolute atomic E-state index is 14.3. The third-order valence-electron chi connectivity index (χ3n) is 14.2. The number of carbonyl (C=O) groups excluding carboxylic acids is 5. The summed E-state index contributed by atoms with van der Waals surface area (Å²) in [5.41, 5.74) is 1.24. The van der Waals surface area contributed by atoms with Crippen molar-refractivity contribution in [3.8, 4) is 0 Å². The first kappa shape index (κ1) is 53.2. The quantitative estimate of drug-likeness (QED) is 0.153. The molecule has 0 aromatic rings. The Bertz CT molecular complexity index is 1740. The molecule has 3 heterocycles. The molecule has 0 spiro atoms. The second-order valence-corrected chi connectivity index (χ2v) is 19.4. The molecule has 0 aromatic heterocycles. The zero-order chi connectivity index (χ0) is 47.5. The number of Topliss-reactive ketones (excluding diaryl/α,β-unsaturated/α-hetero) is 3. The summed E-state index contributed by atoms with van der Waals surface area (Å²) in [6, 6.07) is -1.16. The monoisotopic (exact) mass is 900 g/mol. The zero-order valence-corrected chi connectivity index (χ0v) is 39.6. The number of rotatable bonds is 5. The Kier molecular flexibility index (Phi) is 20.3. The summed E-state index contributed by atoms with van der Waals surface area (Å²) >= 11 is 0. The van der Waals surface area contributed by atoms with Gasteiger partial charge in [0.2, 0.25) is 5.79 Å². The highest BCUT2D eigenvalue weighted by Crippen LogP contribution is 2.37. The summed E-state index contributed by atoms with van der Waals surface area (Å²) in [4.78, 5) is 71.5. The molecule has 3 fully saturated rings. The molecule has 1 aliphatic carbocycles. The molecule has 2 saturated heterocycles. The molecule has 1 saturated carbocycles. The standard InChI is InChI=1S/C50H77NO13/c1-29-15-11-10-12-16-30(2)42(61-8)27-37-20-18-35(7)50(60,64-37)47(57)48(58)51-22-14-13-17-38(51)49(59)63-43(32(4)25-36-19-21-39(52)41(54)26-36)28-40(53)31(3)24-34(6)45(56)46(62-9)44(55)33(5)23-29/h10-12,15-16,24,29,31-33,35-39,41-43,45-46,52,54,56,60H,13-14,17-23,25-28H2,1-9H3/b12-10-,15-11-,30-16-,34-24+/t29-,31-,32-,33-,35-,36+,37+,38+,39-,41-,42+,43+,45-,46+,50-/m1/s1. The number of methoxy groups -OCH3 is 2. The number of cyclic esters (lactones) is 1. The largest absolute Gasteiger partial charge is 0.460 e. The van der Waals surface area contributed by atoms with Crippen molar-refractivity contribution < 1.29 is 63.3 Å². The second kappa shape index (κ2) is 24.4. The second-order valence-electron chi connectivity index (χ2n) is 19.4. The van der Waals surface area contributed by atoms with Crippen LogP contribution in [0.2, 0.25) is 0 Å². The van der Waals surface area contributed by atoms with Gasteiger partial charge in [-0.1, -0.05) is 71.1 Å². The number of piperidine rings is 1. The van der Waals surface area contributed by atoms with Crippen LogP contribution in [0.25, 0.3) is 0 Å². The molecule has 0 radical (unpaired) electrons. The summed E-state index contributed by atoms with van der Waals surface area (Å²) in [6.45, 7) is 12.6. The molecule has 14 heteroatoms. The van der Waals surface area contributed by atoms with Crippen molar-refractivity contribution >= 4 is 29.2 Å². The number of carbonyl (C=O) groups is 5. The highest BCUT2D eigenvalue weighted by molar-refractivity contribution is 6.39. The summed E-state index contributed by atoms with van der Waals surface area (Å²) in [5.74, 6) is -8.29. The fraction of sp³-hybridized carbons (Fsp3) is 0.740. The Morgan fingerprint density at radius 2 is 1.56 bits per heavy atom. The van der Waals surface area contributed by atoms with E-state index in [2.05, 4.69) is 0 Å². The lowest BCUT2D eigenvalue weighted by Gasteiger charge is -2.42. The van der Waals surface area contributed by atoms with Gasteiger partial charge in [0.25, 0.3) is 11.7 Å². The van der Waals surface area contributed by atoms with Crippen LogP contribution in [0.3, 0.4) is 0 Å². The van der Waals surface area contributed by atoms with Gasteiger partial charge in [-0.25, -0.2) is 4.79 Å². The Labute approximate surface area is 380 Å². The van der Waals surface area contributed by atoms with Gasteiger partial charge in [-0.2, -0.15) is 0 Å². The van der Waals surface area contributed by atoms with Gasteiger partial charge in [0, 0.05) is 51.4 Å². The van der Waals surface area contributed by atoms with E-state index in [1.54, 1.807) is 40.9 Å². The van der Waals surface area contributed by atoms with Crippen LogP contribution in [0.4, 0.5) is 0 Å². The van der Waals surface area contributed by atoms with Gasteiger partial charge in [-0.3, -0.25) is 19.2 Å². The van der Waals surface area contributed by atoms with Crippen LogP contribution < -0.4 is 0 Å². The molecule has 1 amide bonds. The first-order chi connectivity index (χ1) is 30.2. The van der Waals surface area contributed by atoms with E-state index in [4.69, 9.17) is 18.9 Å². The van der Waals surface area contributed by atoms with Gasteiger partial charge in [-0.05, 0) is 107 Å². The smallest absolute Gasteiger partial charge is 0.329 e. The van der Waals surface area contributed by atoms with E-state index in [9.17, 15) is 44.4 Å². The van der Waals surface area contributed by atoms with Crippen molar-refractivity contribution in [2.45, 2.75) is 180 Å². The van der Waals surface area contributed by atoms with Gasteiger partial charge >= 0.3 is 5.97 Å². The highest BCUT2D eigenvalue weighted by Gasteiger charge is 2.53. The Morgan fingerprint density at radius 3 is 2.23 bits per heavy atom. The minimum absolute atomic E-state index is 0.0134. The van der Waals surface area contributed by atoms with E-state index in [0.717, 1.165) is 5.57 Å². The van der Waals surface area contributed by atoms with Crippen LogP contribution in [0.15, 0.2) is 47.6 Å². The van der Waals surface area contributed by atoms with Crippen molar-refractivity contribution in [1.82, 2.24) is 4.90 Å². The molecule has 14 nitrogen and oxygen atoms in total. The fourth-order valence-electron chi connectivity index (χ4n) is 9.88. The van der Waals surface area contributed by atoms with Gasteiger partial charge in [0.05, 0.1) is 24.4 Å². The molecule has 4 rings (SSSR count). The lowest BCUT2D eigenvalue weighted by Crippen LogP contribution is -2.61. The Balaban J connectivity index is 1.70. The van der Waals surface area contributed by atoms with E-state index in [1.165, 1.54) is 12.0 Å². The molecular formula is C50H77NO13. The number of ketones is 3. The molecule has 64 heavy (non-hydrogen) atoms. The van der Waals surface area contributed by atoms with Crippen molar-refractivity contribution in [3.63, 3.8) is 0 Å². The average Bonchev–Trinajstić information content (AvgIpc) is 3.26. The third kappa shape index (κ3) is 13.8. The summed E-state index contributed by atoms with van der Waals surface area (Å²) in [6.07, 6.45) is 9.61. The topological polar surface area (TPSA) is 206 Å². The molecule has 0 unspecified atom stereocenters. The van der Waals surface area contributed by atoms with Crippen molar-refractivity contribution in [1.29, 1.82) is 0 Å². The number of fused-ring (bicyclic) bond motifs is 3. The number of aliphatic hydroxyl groups is 4. The number of esters is 1. The predicted molar refractivity (Wildman–Crippen MR) is 240 cm³/mol. The van der Waals surface area contributed by atoms with Crippen LogP contribution in [0, 0.1) is 35.5 Å². The highest BCUT2D eigenvalue weighted by atomic mass is 16.6. The maximum atomic E-state index is 14.3. The van der Waals surface area contributed by atoms with Gasteiger partial charge in [0.1, 0.15) is 30.1 Å². The van der Waals surface area contributed by atoms with E-state index >= 15 is 0 Å². The van der Waals surface area contributed by atoms with Crippen molar-refractivity contribution in [2.24, 2.45) is 35.5 Å². The summed E-state index contributed by atoms with van der Waals surface area (Å²) < 4.78 is 23.7. The first-order valence-corrected chi connectivity index (χ1v) is 23.5. The Hall–Kier alpha value is -3.37. The zero-order valence-electron chi connectivity index (χ0n) is 39.6. The van der Waals surface area contributed by atoms with E-state index in [1.807, 2.05) is 51.2 Å². The molecule has 3 aliphatic heterocycles. The van der Waals surface area contributed by atoms with Gasteiger partial charge < -0.3 is 44.3 Å². The molecule has 2 bridgehead atoms. The van der Waals surface area contributed by atoms with E-state index < -0.39 is 95.9 Å². The molecule has 0 aromatic carbocycles. The number of hydrogen-bond donors (Lipinski definition) is 4. The number of hydrogen-bond acceptors (Lipinski definition) is 13. The van der Waals surface area contributed by atoms with Crippen molar-refractivity contribution in [2.75, 3.05) is 20.8 Å². The van der Waals surface area contributed by atoms with E-state index in [0.29, 0.717) is 69.8 Å². The lowest BCUT2D eigenvalue weighted by molar-refractivity contribution is -0.265. The van der Waals surface area contributed by atoms with Crippen molar-refractivity contribution in [3.05, 3.63) is 47.6 Å². The first-order valence-electron chi connectivity index (χ1n) is 23.5. The molecular weight excluding hydrogens is 823 g/mol. The number of aliphatic hydroxyl groups excluding tert-OH is 3. The summed E-state index contributed by atoms with van der Waals surface area (Å²) in [7, 11) is 2.94. The van der Waals surface area contributed by atoms with Gasteiger partial charge in [0.15, 0.2) is 5.78 Å². The lowest BCUT2D eigenvalue weighted by atomic mass is 9.78. The minimum Gasteiger partial charge on any atom is -0.460 e. The third-order valence-corrected chi connectivity index (χ3v) is 14.2. The van der Waals surface area contributed by atoms with Crippen LogP contribution in [-0.2, 0) is 42.9 Å². The van der Waals surface area contributed by atoms with E-state index in [-0.39, 0.29) is 42.8 Å². The fourth-order valence-corrected chi connectivity index (χ4v) is 9.88. The van der Waals surface area contributed by atoms with Gasteiger partial charge in [-0.15, -0.1) is 0 Å². The van der Waals surface area contributed by atoms with Crippen LogP contribution >= 0.6 is 0 Å². The van der Waals surface area contributed by atoms with Crippen LogP contribution in [0.5, 0.6) is 0 Å². The number of allylic oxidation sites excluding steroid dienone is 6. The molecule has 360 valence electrons. The average molecular weight is 900 g/mol. The molecule has 4 N–H and O–H groups in total. The Morgan fingerprint density at radius 1 is 0.844 bits per heavy atom.